The van der Waals surface area contributed by atoms with Crippen LogP contribution in [-0.4, -0.2) is 96.3 Å². The number of carbonyl (C=O) groups excluding carboxylic acids is 1. The normalized spacial score (nSPS) is 26.2. The Morgan fingerprint density at radius 3 is 2.50 bits per heavy atom. The van der Waals surface area contributed by atoms with E-state index in [1.54, 1.807) is 6.08 Å². The summed E-state index contributed by atoms with van der Waals surface area (Å²) >= 11 is 0. The molecule has 0 aromatic heterocycles. The summed E-state index contributed by atoms with van der Waals surface area (Å²) in [6.07, 6.45) is 11.0. The first-order valence-corrected chi connectivity index (χ1v) is 22.8. The Balaban J connectivity index is 1.21. The zero-order valence-corrected chi connectivity index (χ0v) is 35.7. The highest BCUT2D eigenvalue weighted by atomic mass is 16.7. The van der Waals surface area contributed by atoms with Crippen LogP contribution in [0.2, 0.25) is 0 Å². The molecule has 3 heterocycles. The van der Waals surface area contributed by atoms with Crippen LogP contribution in [0.1, 0.15) is 80.4 Å². The summed E-state index contributed by atoms with van der Waals surface area (Å²) in [4.78, 5) is 25.6. The predicted octanol–water partition coefficient (Wildman–Crippen LogP) is 7.38. The average Bonchev–Trinajstić information content (AvgIpc) is 4.25. The molecular formula is C50H61N3O9. The molecule has 1 saturated heterocycles. The van der Waals surface area contributed by atoms with Crippen molar-refractivity contribution in [1.29, 1.82) is 0 Å². The molecule has 62 heavy (non-hydrogen) atoms. The van der Waals surface area contributed by atoms with E-state index in [1.807, 2.05) is 65.6 Å². The lowest BCUT2D eigenvalue weighted by Crippen LogP contribution is -2.70. The number of allylic oxidation sites excluding steroid dienone is 1. The topological polar surface area (TPSA) is 132 Å². The summed E-state index contributed by atoms with van der Waals surface area (Å²) in [6.45, 7) is 8.96. The van der Waals surface area contributed by atoms with Gasteiger partial charge in [0.05, 0.1) is 18.2 Å². The van der Waals surface area contributed by atoms with Crippen LogP contribution in [0.4, 0.5) is 0 Å². The molecule has 3 aliphatic heterocycles. The number of oxime groups is 1. The van der Waals surface area contributed by atoms with Crippen molar-refractivity contribution in [2.45, 2.75) is 88.7 Å². The summed E-state index contributed by atoms with van der Waals surface area (Å²) < 4.78 is 32.6. The summed E-state index contributed by atoms with van der Waals surface area (Å²) in [6, 6.07) is 21.5. The number of ether oxygens (including phenoxy) is 5. The molecule has 3 fully saturated rings. The van der Waals surface area contributed by atoms with E-state index in [2.05, 4.69) is 23.6 Å². The van der Waals surface area contributed by atoms with Gasteiger partial charge in [-0.05, 0) is 97.4 Å². The van der Waals surface area contributed by atoms with E-state index in [9.17, 15) is 15.0 Å². The van der Waals surface area contributed by atoms with E-state index >= 15 is 0 Å². The number of benzene rings is 3. The molecule has 0 radical (unpaired) electrons. The smallest absolute Gasteiger partial charge is 0.239 e. The molecule has 12 nitrogen and oxygen atoms in total. The highest BCUT2D eigenvalue weighted by Crippen LogP contribution is 2.62. The second kappa shape index (κ2) is 19.2. The fourth-order valence-electron chi connectivity index (χ4n) is 10.2. The molecule has 0 bridgehead atoms. The van der Waals surface area contributed by atoms with Gasteiger partial charge in [0.25, 0.3) is 0 Å². The third-order valence-corrected chi connectivity index (χ3v) is 13.5. The predicted molar refractivity (Wildman–Crippen MR) is 234 cm³/mol. The van der Waals surface area contributed by atoms with Crippen LogP contribution in [0.3, 0.4) is 0 Å². The zero-order valence-electron chi connectivity index (χ0n) is 35.7. The van der Waals surface area contributed by atoms with Crippen molar-refractivity contribution in [2.75, 3.05) is 52.9 Å². The Morgan fingerprint density at radius 1 is 0.935 bits per heavy atom. The van der Waals surface area contributed by atoms with Crippen molar-refractivity contribution >= 4 is 11.6 Å². The van der Waals surface area contributed by atoms with Gasteiger partial charge in [-0.3, -0.25) is 9.69 Å². The fraction of sp³-hybridized carbons (Fsp3) is 0.520. The molecule has 3 aromatic rings. The molecule has 6 aliphatic rings. The van der Waals surface area contributed by atoms with Gasteiger partial charge < -0.3 is 43.6 Å². The van der Waals surface area contributed by atoms with E-state index in [0.29, 0.717) is 49.7 Å². The Labute approximate surface area is 365 Å². The molecule has 12 heteroatoms. The van der Waals surface area contributed by atoms with Crippen molar-refractivity contribution < 1.29 is 43.5 Å². The van der Waals surface area contributed by atoms with Crippen molar-refractivity contribution in [3.05, 3.63) is 108 Å². The number of aliphatic hydroxyl groups excluding tert-OH is 2. The van der Waals surface area contributed by atoms with Gasteiger partial charge in [-0.25, -0.2) is 0 Å². The molecule has 2 saturated carbocycles. The number of unbranched alkanes of at least 4 members (excludes halogenated alkanes) is 2. The van der Waals surface area contributed by atoms with Gasteiger partial charge >= 0.3 is 0 Å². The van der Waals surface area contributed by atoms with Crippen LogP contribution in [0, 0.1) is 23.7 Å². The second-order valence-electron chi connectivity index (χ2n) is 17.6. The van der Waals surface area contributed by atoms with Crippen molar-refractivity contribution in [2.24, 2.45) is 28.8 Å². The minimum Gasteiger partial charge on any atom is -0.492 e. The number of hydrogen-bond acceptors (Lipinski definition) is 11. The average molecular weight is 848 g/mol. The maximum atomic E-state index is 15.0. The highest BCUT2D eigenvalue weighted by molar-refractivity contribution is 6.03. The third-order valence-electron chi connectivity index (χ3n) is 13.5. The van der Waals surface area contributed by atoms with E-state index in [4.69, 9.17) is 33.7 Å². The molecule has 1 amide bonds. The zero-order chi connectivity index (χ0) is 42.5. The van der Waals surface area contributed by atoms with E-state index in [-0.39, 0.29) is 62.8 Å². The minimum absolute atomic E-state index is 0.0597. The van der Waals surface area contributed by atoms with Crippen LogP contribution in [0.15, 0.2) is 96.2 Å². The number of carbonyl (C=O) groups is 1. The quantitative estimate of drug-likeness (QED) is 0.0457. The van der Waals surface area contributed by atoms with Crippen molar-refractivity contribution in [3.8, 4) is 23.0 Å². The Morgan fingerprint density at radius 2 is 1.73 bits per heavy atom. The summed E-state index contributed by atoms with van der Waals surface area (Å²) in [5, 5.41) is 25.0. The molecule has 330 valence electrons. The number of hydrogen-bond donors (Lipinski definition) is 2. The SMILES string of the molecule is C=CCO[C@@]12Oc3ccc(OCCN4CC4)cc3[C@H]3[C@H](CCCCO)[C@@H](CCCCO)C=C(C(=NOCc4ccccc4)C[C@@H]1N(Cc1ccc4c(c1)OCO4)C(=O)C1CC1)[C@H]32. The standard InChI is InChI=1S/C50H61N3O9/c1-2-25-60-50-46(53(49(56)36-15-16-36)31-35-14-18-44-45(27-35)59-33-58-44)30-42(51-61-32-34-10-4-3-5-11-34)40-28-37(12-6-8-23-54)39(13-7-9-24-55)47(48(40)50)41-29-38(17-19-43(41)62-50)57-26-22-52-20-21-52/h2-5,10-11,14,17-19,27-29,36-37,39,46-48,54-55H,1,6-9,12-13,15-16,20-26,30-33H2/t37-,39+,46-,47+,48+,50+/m0/s1. The highest BCUT2D eigenvalue weighted by Gasteiger charge is 2.66. The molecule has 9 rings (SSSR count). The van der Waals surface area contributed by atoms with Gasteiger partial charge in [0.1, 0.15) is 30.8 Å². The number of amides is 1. The van der Waals surface area contributed by atoms with Gasteiger partial charge in [-0.1, -0.05) is 66.5 Å². The van der Waals surface area contributed by atoms with E-state index < -0.39 is 17.7 Å². The van der Waals surface area contributed by atoms with Gasteiger partial charge in [-0.15, -0.1) is 6.58 Å². The van der Waals surface area contributed by atoms with Crippen LogP contribution in [0.25, 0.3) is 0 Å². The molecule has 0 spiro atoms. The maximum absolute atomic E-state index is 15.0. The summed E-state index contributed by atoms with van der Waals surface area (Å²) in [5.41, 5.74) is 4.75. The molecule has 2 N–H and O–H groups in total. The maximum Gasteiger partial charge on any atom is 0.239 e. The molecular weight excluding hydrogens is 787 g/mol. The van der Waals surface area contributed by atoms with E-state index in [1.165, 1.54) is 0 Å². The molecule has 0 unspecified atom stereocenters. The Bertz CT molecular complexity index is 2100. The largest absolute Gasteiger partial charge is 0.492 e. The van der Waals surface area contributed by atoms with Gasteiger partial charge in [0.2, 0.25) is 18.5 Å². The number of aliphatic hydroxyl groups is 2. The molecule has 3 aromatic carbocycles. The Hall–Kier alpha value is -4.88. The van der Waals surface area contributed by atoms with Gasteiger partial charge in [0.15, 0.2) is 11.5 Å². The second-order valence-corrected chi connectivity index (χ2v) is 17.6. The number of fused-ring (bicyclic) bond motifs is 3. The number of rotatable bonds is 22. The van der Waals surface area contributed by atoms with Gasteiger partial charge in [-0.2, -0.15) is 0 Å². The monoisotopic (exact) mass is 847 g/mol. The van der Waals surface area contributed by atoms with E-state index in [0.717, 1.165) is 91.9 Å². The summed E-state index contributed by atoms with van der Waals surface area (Å²) in [7, 11) is 0. The lowest BCUT2D eigenvalue weighted by atomic mass is 9.55. The van der Waals surface area contributed by atoms with Crippen molar-refractivity contribution in [3.63, 3.8) is 0 Å². The first-order valence-electron chi connectivity index (χ1n) is 22.8. The molecule has 3 aliphatic carbocycles. The first-order chi connectivity index (χ1) is 30.5. The first kappa shape index (κ1) is 42.4. The van der Waals surface area contributed by atoms with Crippen LogP contribution in [0.5, 0.6) is 23.0 Å². The van der Waals surface area contributed by atoms with Gasteiger partial charge in [0, 0.05) is 63.2 Å². The molecule has 6 atom stereocenters. The van der Waals surface area contributed by atoms with Crippen LogP contribution in [-0.2, 0) is 27.5 Å². The lowest BCUT2D eigenvalue weighted by Gasteiger charge is -2.60. The fourth-order valence-corrected chi connectivity index (χ4v) is 10.2. The minimum atomic E-state index is -1.34. The van der Waals surface area contributed by atoms with Crippen molar-refractivity contribution in [1.82, 2.24) is 9.80 Å². The summed E-state index contributed by atoms with van der Waals surface area (Å²) in [5.74, 6) is 1.16. The van der Waals surface area contributed by atoms with Crippen LogP contribution < -0.4 is 18.9 Å². The number of nitrogens with zero attached hydrogens (tertiary/aromatic N) is 3. The Kier molecular flexibility index (Phi) is 13.2. The lowest BCUT2D eigenvalue weighted by molar-refractivity contribution is -0.258. The van der Waals surface area contributed by atoms with Crippen LogP contribution >= 0.6 is 0 Å². The third kappa shape index (κ3) is 9.11.